The summed E-state index contributed by atoms with van der Waals surface area (Å²) in [4.78, 5) is 36.2. The minimum atomic E-state index is -0.740. The van der Waals surface area contributed by atoms with Crippen molar-refractivity contribution in [1.82, 2.24) is 9.13 Å². The standard InChI is InChI=1S/C13H12ClN3O3/c1-16-11(15)9(12(19)17(2)13(16)20)10(18)7-5-3-4-6-8(7)14/h3-6H,15H2,1-2H3. The first-order chi connectivity index (χ1) is 9.36. The van der Waals surface area contributed by atoms with Gasteiger partial charge in [0, 0.05) is 19.7 Å². The van der Waals surface area contributed by atoms with Crippen molar-refractivity contribution in [3.63, 3.8) is 0 Å². The first-order valence-corrected chi connectivity index (χ1v) is 6.08. The molecule has 6 nitrogen and oxygen atoms in total. The van der Waals surface area contributed by atoms with Crippen LogP contribution in [0.15, 0.2) is 33.9 Å². The van der Waals surface area contributed by atoms with E-state index in [4.69, 9.17) is 17.3 Å². The normalized spacial score (nSPS) is 10.6. The van der Waals surface area contributed by atoms with Crippen LogP contribution >= 0.6 is 11.6 Å². The highest BCUT2D eigenvalue weighted by Gasteiger charge is 2.22. The number of nitrogen functional groups attached to an aromatic ring is 1. The van der Waals surface area contributed by atoms with Crippen LogP contribution in [-0.2, 0) is 14.1 Å². The van der Waals surface area contributed by atoms with Crippen molar-refractivity contribution in [3.8, 4) is 0 Å². The summed E-state index contributed by atoms with van der Waals surface area (Å²) in [6, 6.07) is 6.33. The average Bonchev–Trinajstić information content (AvgIpc) is 2.43. The maximum atomic E-state index is 12.4. The van der Waals surface area contributed by atoms with Gasteiger partial charge in [-0.15, -0.1) is 0 Å². The van der Waals surface area contributed by atoms with E-state index in [1.165, 1.54) is 26.2 Å². The van der Waals surface area contributed by atoms with Gasteiger partial charge in [0.15, 0.2) is 0 Å². The molecule has 1 aromatic heterocycles. The third kappa shape index (κ3) is 2.04. The maximum absolute atomic E-state index is 12.4. The van der Waals surface area contributed by atoms with Crippen molar-refractivity contribution >= 4 is 23.2 Å². The number of rotatable bonds is 2. The Labute approximate surface area is 119 Å². The van der Waals surface area contributed by atoms with Gasteiger partial charge in [0.05, 0.1) is 5.02 Å². The second kappa shape index (κ2) is 4.97. The van der Waals surface area contributed by atoms with E-state index >= 15 is 0 Å². The van der Waals surface area contributed by atoms with Gasteiger partial charge in [-0.1, -0.05) is 23.7 Å². The largest absolute Gasteiger partial charge is 0.384 e. The topological polar surface area (TPSA) is 87.1 Å². The van der Waals surface area contributed by atoms with Crippen LogP contribution in [0, 0.1) is 0 Å². The molecular weight excluding hydrogens is 282 g/mol. The molecule has 0 spiro atoms. The van der Waals surface area contributed by atoms with Crippen LogP contribution in [0.4, 0.5) is 5.82 Å². The van der Waals surface area contributed by atoms with E-state index in [0.29, 0.717) is 0 Å². The monoisotopic (exact) mass is 293 g/mol. The quantitative estimate of drug-likeness (QED) is 0.819. The zero-order valence-corrected chi connectivity index (χ0v) is 11.6. The van der Waals surface area contributed by atoms with E-state index in [2.05, 4.69) is 0 Å². The second-order valence-corrected chi connectivity index (χ2v) is 4.68. The molecule has 0 aliphatic heterocycles. The van der Waals surface area contributed by atoms with E-state index in [-0.39, 0.29) is 22.0 Å². The third-order valence-corrected chi connectivity index (χ3v) is 3.38. The van der Waals surface area contributed by atoms with Crippen LogP contribution in [0.2, 0.25) is 5.02 Å². The molecule has 2 aromatic rings. The minimum absolute atomic E-state index is 0.164. The lowest BCUT2D eigenvalue weighted by atomic mass is 10.0. The maximum Gasteiger partial charge on any atom is 0.332 e. The Hall–Kier alpha value is -2.34. The van der Waals surface area contributed by atoms with Crippen molar-refractivity contribution < 1.29 is 4.79 Å². The molecule has 0 saturated carbocycles. The summed E-state index contributed by atoms with van der Waals surface area (Å²) in [5, 5.41) is 0.216. The van der Waals surface area contributed by atoms with Gasteiger partial charge in [-0.2, -0.15) is 0 Å². The van der Waals surface area contributed by atoms with E-state index in [0.717, 1.165) is 9.13 Å². The Bertz CT molecular complexity index is 821. The summed E-state index contributed by atoms with van der Waals surface area (Å²) < 4.78 is 1.88. The van der Waals surface area contributed by atoms with Crippen LogP contribution < -0.4 is 17.0 Å². The first-order valence-electron chi connectivity index (χ1n) is 5.71. The summed E-state index contributed by atoms with van der Waals surface area (Å²) in [5.41, 5.74) is 4.29. The molecule has 0 amide bonds. The van der Waals surface area contributed by atoms with Gasteiger partial charge in [-0.05, 0) is 12.1 Å². The molecule has 0 saturated heterocycles. The Balaban J connectivity index is 2.78. The molecule has 20 heavy (non-hydrogen) atoms. The molecule has 7 heteroatoms. The summed E-state index contributed by atoms with van der Waals surface area (Å²) in [6.07, 6.45) is 0. The van der Waals surface area contributed by atoms with Crippen molar-refractivity contribution in [1.29, 1.82) is 0 Å². The zero-order chi connectivity index (χ0) is 15.0. The summed E-state index contributed by atoms with van der Waals surface area (Å²) in [7, 11) is 2.67. The fourth-order valence-electron chi connectivity index (χ4n) is 1.85. The molecule has 2 rings (SSSR count). The van der Waals surface area contributed by atoms with Crippen LogP contribution in [-0.4, -0.2) is 14.9 Å². The SMILES string of the molecule is Cn1c(N)c(C(=O)c2ccccc2Cl)c(=O)n(C)c1=O. The van der Waals surface area contributed by atoms with Gasteiger partial charge in [0.2, 0.25) is 5.78 Å². The van der Waals surface area contributed by atoms with Crippen LogP contribution in [0.25, 0.3) is 0 Å². The number of nitrogens with zero attached hydrogens (tertiary/aromatic N) is 2. The number of hydrogen-bond donors (Lipinski definition) is 1. The van der Waals surface area contributed by atoms with Crippen molar-refractivity contribution in [2.24, 2.45) is 14.1 Å². The molecule has 1 heterocycles. The lowest BCUT2D eigenvalue weighted by molar-refractivity contribution is 0.103. The number of halogens is 1. The first kappa shape index (κ1) is 14.1. The predicted octanol–water partition coefficient (Wildman–Crippen LogP) is 0.551. The minimum Gasteiger partial charge on any atom is -0.384 e. The number of hydrogen-bond acceptors (Lipinski definition) is 4. The second-order valence-electron chi connectivity index (χ2n) is 4.27. The molecule has 0 atom stereocenters. The molecule has 2 N–H and O–H groups in total. The van der Waals surface area contributed by atoms with Crippen molar-refractivity contribution in [2.75, 3.05) is 5.73 Å². The van der Waals surface area contributed by atoms with Crippen LogP contribution in [0.3, 0.4) is 0 Å². The number of carbonyl (C=O) groups excluding carboxylic acids is 1. The molecule has 0 unspecified atom stereocenters. The van der Waals surface area contributed by atoms with Crippen LogP contribution in [0.1, 0.15) is 15.9 Å². The average molecular weight is 294 g/mol. The predicted molar refractivity (Wildman–Crippen MR) is 76.2 cm³/mol. The van der Waals surface area contributed by atoms with Gasteiger partial charge >= 0.3 is 5.69 Å². The van der Waals surface area contributed by atoms with Gasteiger partial charge in [-0.25, -0.2) is 4.79 Å². The van der Waals surface area contributed by atoms with Gasteiger partial charge in [-0.3, -0.25) is 18.7 Å². The van der Waals surface area contributed by atoms with E-state index in [9.17, 15) is 14.4 Å². The highest BCUT2D eigenvalue weighted by Crippen LogP contribution is 2.19. The molecule has 0 aliphatic rings. The molecule has 0 radical (unpaired) electrons. The fourth-order valence-corrected chi connectivity index (χ4v) is 2.07. The number of anilines is 1. The Kier molecular flexibility index (Phi) is 3.50. The highest BCUT2D eigenvalue weighted by atomic mass is 35.5. The molecular formula is C13H12ClN3O3. The van der Waals surface area contributed by atoms with E-state index < -0.39 is 17.0 Å². The van der Waals surface area contributed by atoms with Crippen molar-refractivity contribution in [2.45, 2.75) is 0 Å². The van der Waals surface area contributed by atoms with E-state index in [1.807, 2.05) is 0 Å². The number of carbonyl (C=O) groups is 1. The van der Waals surface area contributed by atoms with E-state index in [1.54, 1.807) is 12.1 Å². The Morgan fingerprint density at radius 1 is 1.15 bits per heavy atom. The zero-order valence-electron chi connectivity index (χ0n) is 10.9. The fraction of sp³-hybridized carbons (Fsp3) is 0.154. The number of nitrogens with two attached hydrogens (primary N) is 1. The lowest BCUT2D eigenvalue weighted by Crippen LogP contribution is -2.41. The molecule has 1 aromatic carbocycles. The molecule has 104 valence electrons. The van der Waals surface area contributed by atoms with Gasteiger partial charge in [0.1, 0.15) is 11.4 Å². The molecule has 0 aliphatic carbocycles. The van der Waals surface area contributed by atoms with Crippen LogP contribution in [0.5, 0.6) is 0 Å². The summed E-state index contributed by atoms with van der Waals surface area (Å²) in [5.74, 6) is -0.785. The Morgan fingerprint density at radius 3 is 2.35 bits per heavy atom. The third-order valence-electron chi connectivity index (χ3n) is 3.06. The molecule has 0 bridgehead atoms. The summed E-state index contributed by atoms with van der Waals surface area (Å²) >= 11 is 5.95. The number of aromatic nitrogens is 2. The van der Waals surface area contributed by atoms with Crippen molar-refractivity contribution in [3.05, 3.63) is 61.3 Å². The molecule has 0 fully saturated rings. The summed E-state index contributed by atoms with van der Waals surface area (Å²) in [6.45, 7) is 0. The number of ketones is 1. The highest BCUT2D eigenvalue weighted by molar-refractivity contribution is 6.35. The lowest BCUT2D eigenvalue weighted by Gasteiger charge is -2.11. The van der Waals surface area contributed by atoms with Gasteiger partial charge < -0.3 is 5.73 Å². The van der Waals surface area contributed by atoms with Gasteiger partial charge in [0.25, 0.3) is 5.56 Å². The smallest absolute Gasteiger partial charge is 0.332 e. The number of benzene rings is 1. The Morgan fingerprint density at radius 2 is 1.75 bits per heavy atom.